The van der Waals surface area contributed by atoms with E-state index in [0.29, 0.717) is 0 Å². The van der Waals surface area contributed by atoms with Crippen LogP contribution in [0.5, 0.6) is 23.0 Å². The van der Waals surface area contributed by atoms with Gasteiger partial charge in [0.2, 0.25) is 5.75 Å². The van der Waals surface area contributed by atoms with Gasteiger partial charge in [0.05, 0.1) is 0 Å². The average Bonchev–Trinajstić information content (AvgIpc) is 2.29. The lowest BCUT2D eigenvalue weighted by molar-refractivity contribution is -0.132. The van der Waals surface area contributed by atoms with Crippen LogP contribution in [0.25, 0.3) is 0 Å². The summed E-state index contributed by atoms with van der Waals surface area (Å²) in [4.78, 5) is 33.0. The molecule has 1 N–H and O–H groups in total. The van der Waals surface area contributed by atoms with E-state index in [2.05, 4.69) is 0 Å². The smallest absolute Gasteiger partial charge is 0.308 e. The number of hydrogen-bond acceptors (Lipinski definition) is 7. The van der Waals surface area contributed by atoms with Crippen LogP contribution < -0.4 is 14.2 Å². The van der Waals surface area contributed by atoms with Crippen molar-refractivity contribution in [1.29, 1.82) is 0 Å². The monoisotopic (exact) mass is 282 g/mol. The van der Waals surface area contributed by atoms with Gasteiger partial charge in [-0.15, -0.1) is 0 Å². The largest absolute Gasteiger partial charge is 0.502 e. The first-order valence-electron chi connectivity index (χ1n) is 5.64. The second kappa shape index (κ2) is 6.05. The minimum Gasteiger partial charge on any atom is -0.502 e. The van der Waals surface area contributed by atoms with Crippen LogP contribution in [0.2, 0.25) is 0 Å². The maximum Gasteiger partial charge on any atom is 0.308 e. The molecule has 0 aliphatic heterocycles. The number of carbonyl (C=O) groups is 3. The van der Waals surface area contributed by atoms with E-state index < -0.39 is 23.7 Å². The summed E-state index contributed by atoms with van der Waals surface area (Å²) in [6.07, 6.45) is 0. The fourth-order valence-corrected chi connectivity index (χ4v) is 1.46. The van der Waals surface area contributed by atoms with Crippen LogP contribution in [-0.4, -0.2) is 23.0 Å². The number of phenolic OH excluding ortho intramolecular Hbond substituents is 1. The molecular weight excluding hydrogens is 268 g/mol. The molecule has 20 heavy (non-hydrogen) atoms. The summed E-state index contributed by atoms with van der Waals surface area (Å²) < 4.78 is 14.5. The summed E-state index contributed by atoms with van der Waals surface area (Å²) in [5, 5.41) is 9.93. The Morgan fingerprint density at radius 3 is 1.80 bits per heavy atom. The molecule has 0 bridgehead atoms. The second-order valence-electron chi connectivity index (χ2n) is 3.96. The summed E-state index contributed by atoms with van der Waals surface area (Å²) in [6, 6.07) is 1.17. The van der Waals surface area contributed by atoms with Crippen molar-refractivity contribution in [3.05, 3.63) is 11.6 Å². The van der Waals surface area contributed by atoms with Crippen LogP contribution >= 0.6 is 0 Å². The Labute approximate surface area is 115 Å². The number of rotatable bonds is 3. The second-order valence-corrected chi connectivity index (χ2v) is 3.96. The SMILES string of the molecule is CC(=O)Oc1cc(OC(C)=O)c(O)c(OC(C)=O)c1C. The van der Waals surface area contributed by atoms with E-state index >= 15 is 0 Å². The topological polar surface area (TPSA) is 99.1 Å². The van der Waals surface area contributed by atoms with Gasteiger partial charge in [-0.1, -0.05) is 0 Å². The van der Waals surface area contributed by atoms with Crippen LogP contribution in [0.3, 0.4) is 0 Å². The number of benzene rings is 1. The zero-order chi connectivity index (χ0) is 15.4. The van der Waals surface area contributed by atoms with Gasteiger partial charge in [0.1, 0.15) is 5.75 Å². The molecule has 0 saturated carbocycles. The minimum atomic E-state index is -0.688. The summed E-state index contributed by atoms with van der Waals surface area (Å²) in [7, 11) is 0. The van der Waals surface area contributed by atoms with Gasteiger partial charge in [0, 0.05) is 32.4 Å². The van der Waals surface area contributed by atoms with Crippen molar-refractivity contribution in [3.63, 3.8) is 0 Å². The van der Waals surface area contributed by atoms with Crippen LogP contribution in [0.15, 0.2) is 6.07 Å². The molecule has 0 saturated heterocycles. The van der Waals surface area contributed by atoms with E-state index in [1.54, 1.807) is 0 Å². The van der Waals surface area contributed by atoms with E-state index in [-0.39, 0.29) is 22.8 Å². The molecule has 1 aromatic rings. The maximum absolute atomic E-state index is 11.0. The third-order valence-corrected chi connectivity index (χ3v) is 2.17. The highest BCUT2D eigenvalue weighted by Gasteiger charge is 2.21. The van der Waals surface area contributed by atoms with E-state index in [4.69, 9.17) is 14.2 Å². The first kappa shape index (κ1) is 15.5. The summed E-state index contributed by atoms with van der Waals surface area (Å²) in [5.74, 6) is -2.99. The summed E-state index contributed by atoms with van der Waals surface area (Å²) in [6.45, 7) is 4.94. The molecular formula is C13H14O7. The van der Waals surface area contributed by atoms with Crippen molar-refractivity contribution in [1.82, 2.24) is 0 Å². The molecule has 0 aliphatic rings. The molecule has 1 aromatic carbocycles. The first-order chi connectivity index (χ1) is 9.22. The molecule has 0 unspecified atom stereocenters. The minimum absolute atomic E-state index is 0.0165. The molecule has 0 fully saturated rings. The zero-order valence-electron chi connectivity index (χ0n) is 11.5. The van der Waals surface area contributed by atoms with Crippen molar-refractivity contribution in [3.8, 4) is 23.0 Å². The van der Waals surface area contributed by atoms with Gasteiger partial charge in [0.25, 0.3) is 0 Å². The van der Waals surface area contributed by atoms with Crippen molar-refractivity contribution < 1.29 is 33.7 Å². The number of aromatic hydroxyl groups is 1. The lowest BCUT2D eigenvalue weighted by Crippen LogP contribution is -2.09. The van der Waals surface area contributed by atoms with Gasteiger partial charge < -0.3 is 19.3 Å². The Bertz CT molecular complexity index is 534. The highest BCUT2D eigenvalue weighted by molar-refractivity contribution is 5.77. The summed E-state index contributed by atoms with van der Waals surface area (Å²) >= 11 is 0. The Kier molecular flexibility index (Phi) is 4.68. The molecule has 7 heteroatoms. The molecule has 0 atom stereocenters. The van der Waals surface area contributed by atoms with Crippen molar-refractivity contribution >= 4 is 17.9 Å². The summed E-state index contributed by atoms with van der Waals surface area (Å²) in [5.41, 5.74) is 0.226. The molecule has 108 valence electrons. The van der Waals surface area contributed by atoms with Crippen molar-refractivity contribution in [2.24, 2.45) is 0 Å². The Morgan fingerprint density at radius 2 is 1.35 bits per heavy atom. The third kappa shape index (κ3) is 3.71. The van der Waals surface area contributed by atoms with Gasteiger partial charge in [-0.05, 0) is 6.92 Å². The van der Waals surface area contributed by atoms with E-state index in [9.17, 15) is 19.5 Å². The number of hydrogen-bond donors (Lipinski definition) is 1. The molecule has 1 rings (SSSR count). The number of carbonyl (C=O) groups excluding carboxylic acids is 3. The molecule has 0 amide bonds. The normalized spacial score (nSPS) is 9.80. The van der Waals surface area contributed by atoms with E-state index in [1.165, 1.54) is 19.9 Å². The number of phenols is 1. The lowest BCUT2D eigenvalue weighted by Gasteiger charge is -2.15. The Hall–Kier alpha value is -2.57. The average molecular weight is 282 g/mol. The fourth-order valence-electron chi connectivity index (χ4n) is 1.46. The van der Waals surface area contributed by atoms with Gasteiger partial charge in [-0.2, -0.15) is 0 Å². The Balaban J connectivity index is 3.42. The first-order valence-corrected chi connectivity index (χ1v) is 5.64. The Morgan fingerprint density at radius 1 is 0.900 bits per heavy atom. The fraction of sp³-hybridized carbons (Fsp3) is 0.308. The lowest BCUT2D eigenvalue weighted by atomic mass is 10.1. The van der Waals surface area contributed by atoms with Crippen molar-refractivity contribution in [2.75, 3.05) is 0 Å². The van der Waals surface area contributed by atoms with Gasteiger partial charge in [0.15, 0.2) is 11.5 Å². The quantitative estimate of drug-likeness (QED) is 0.662. The highest BCUT2D eigenvalue weighted by Crippen LogP contribution is 2.44. The van der Waals surface area contributed by atoms with Crippen LogP contribution in [0.1, 0.15) is 26.3 Å². The maximum atomic E-state index is 11.0. The van der Waals surface area contributed by atoms with Crippen LogP contribution in [0, 0.1) is 6.92 Å². The third-order valence-electron chi connectivity index (χ3n) is 2.17. The van der Waals surface area contributed by atoms with Gasteiger partial charge >= 0.3 is 17.9 Å². The molecule has 7 nitrogen and oxygen atoms in total. The van der Waals surface area contributed by atoms with E-state index in [1.807, 2.05) is 0 Å². The van der Waals surface area contributed by atoms with Gasteiger partial charge in [-0.3, -0.25) is 14.4 Å². The number of esters is 3. The van der Waals surface area contributed by atoms with Crippen molar-refractivity contribution in [2.45, 2.75) is 27.7 Å². The predicted octanol–water partition coefficient (Wildman–Crippen LogP) is 1.48. The molecule has 0 aliphatic carbocycles. The predicted molar refractivity (Wildman–Crippen MR) is 66.8 cm³/mol. The highest BCUT2D eigenvalue weighted by atomic mass is 16.6. The standard InChI is InChI=1S/C13H14O7/c1-6-10(18-7(2)14)5-11(19-8(3)15)12(17)13(6)20-9(4)16/h5,17H,1-4H3. The molecule has 0 radical (unpaired) electrons. The molecule has 0 aromatic heterocycles. The van der Waals surface area contributed by atoms with Gasteiger partial charge in [-0.25, -0.2) is 0 Å². The molecule has 0 heterocycles. The van der Waals surface area contributed by atoms with Crippen LogP contribution in [0.4, 0.5) is 0 Å². The zero-order valence-corrected chi connectivity index (χ0v) is 11.5. The van der Waals surface area contributed by atoms with E-state index in [0.717, 1.165) is 13.8 Å². The number of ether oxygens (including phenoxy) is 3. The van der Waals surface area contributed by atoms with Crippen LogP contribution in [-0.2, 0) is 14.4 Å². The molecule has 0 spiro atoms.